The van der Waals surface area contributed by atoms with Crippen molar-refractivity contribution in [3.8, 4) is 0 Å². The largest absolute Gasteiger partial charge is 0.368 e. The van der Waals surface area contributed by atoms with Crippen molar-refractivity contribution in [3.05, 3.63) is 34.9 Å². The van der Waals surface area contributed by atoms with E-state index in [2.05, 4.69) is 42.7 Å². The van der Waals surface area contributed by atoms with E-state index >= 15 is 0 Å². The molecule has 21 heavy (non-hydrogen) atoms. The Morgan fingerprint density at radius 2 is 1.90 bits per heavy atom. The van der Waals surface area contributed by atoms with E-state index in [1.807, 2.05) is 0 Å². The number of aryl methyl sites for hydroxylation is 2. The van der Waals surface area contributed by atoms with Crippen LogP contribution in [0.1, 0.15) is 29.5 Å². The van der Waals surface area contributed by atoms with Gasteiger partial charge in [0.05, 0.1) is 0 Å². The first-order chi connectivity index (χ1) is 10.1. The molecule has 0 bridgehead atoms. The highest BCUT2D eigenvalue weighted by Gasteiger charge is 2.39. The number of nitrogens with one attached hydrogen (secondary N) is 2. The quantitative estimate of drug-likeness (QED) is 0.868. The molecule has 1 saturated heterocycles. The summed E-state index contributed by atoms with van der Waals surface area (Å²) >= 11 is 0. The fraction of sp³-hybridized carbons (Fsp3) is 0.588. The topological polar surface area (TPSA) is 50.4 Å². The molecule has 2 rings (SSSR count). The third-order valence-corrected chi connectivity index (χ3v) is 4.52. The molecule has 0 unspecified atom stereocenters. The van der Waals surface area contributed by atoms with E-state index in [0.717, 1.165) is 32.4 Å². The Labute approximate surface area is 127 Å². The number of hydrogen-bond donors (Lipinski definition) is 2. The Balaban J connectivity index is 1.92. The summed E-state index contributed by atoms with van der Waals surface area (Å²) in [7, 11) is 1.64. The second-order valence-corrected chi connectivity index (χ2v) is 5.82. The highest BCUT2D eigenvalue weighted by molar-refractivity contribution is 5.85. The highest BCUT2D eigenvalue weighted by atomic mass is 16.5. The summed E-state index contributed by atoms with van der Waals surface area (Å²) < 4.78 is 5.54. The second kappa shape index (κ2) is 7.05. The minimum atomic E-state index is -0.647. The molecule has 4 heteroatoms. The Kier molecular flexibility index (Phi) is 5.37. The minimum absolute atomic E-state index is 0.0257. The number of amides is 1. The molecule has 1 aromatic rings. The number of piperidine rings is 1. The fourth-order valence-corrected chi connectivity index (χ4v) is 3.06. The molecule has 2 N–H and O–H groups in total. The van der Waals surface area contributed by atoms with Crippen LogP contribution in [0.15, 0.2) is 18.2 Å². The van der Waals surface area contributed by atoms with Gasteiger partial charge in [-0.2, -0.15) is 0 Å². The lowest BCUT2D eigenvalue weighted by Crippen LogP contribution is -2.54. The SMILES string of the molecule is COC1(C(=O)NCCc2c(C)cccc2C)CCNCC1. The summed E-state index contributed by atoms with van der Waals surface area (Å²) in [5.41, 5.74) is 3.25. The molecular formula is C17H26N2O2. The van der Waals surface area contributed by atoms with E-state index in [4.69, 9.17) is 4.74 Å². The summed E-state index contributed by atoms with van der Waals surface area (Å²) in [4.78, 5) is 12.4. The lowest BCUT2D eigenvalue weighted by Gasteiger charge is -2.34. The van der Waals surface area contributed by atoms with Crippen LogP contribution in [0.3, 0.4) is 0 Å². The van der Waals surface area contributed by atoms with Crippen LogP contribution in [-0.4, -0.2) is 38.3 Å². The predicted octanol–water partition coefficient (Wildman–Crippen LogP) is 1.73. The molecule has 0 spiro atoms. The molecule has 4 nitrogen and oxygen atoms in total. The third-order valence-electron chi connectivity index (χ3n) is 4.52. The normalized spacial score (nSPS) is 17.5. The van der Waals surface area contributed by atoms with E-state index in [0.29, 0.717) is 6.54 Å². The fourth-order valence-electron chi connectivity index (χ4n) is 3.06. The lowest BCUT2D eigenvalue weighted by molar-refractivity contribution is -0.146. The summed E-state index contributed by atoms with van der Waals surface area (Å²) in [5, 5.41) is 6.32. The van der Waals surface area contributed by atoms with Crippen LogP contribution in [0.2, 0.25) is 0 Å². The second-order valence-electron chi connectivity index (χ2n) is 5.82. The molecule has 1 fully saturated rings. The van der Waals surface area contributed by atoms with Gasteiger partial charge in [0.1, 0.15) is 5.60 Å². The lowest BCUT2D eigenvalue weighted by atomic mass is 9.91. The van der Waals surface area contributed by atoms with Gasteiger partial charge in [0.15, 0.2) is 0 Å². The molecule has 0 radical (unpaired) electrons. The van der Waals surface area contributed by atoms with Gasteiger partial charge in [-0.05, 0) is 62.9 Å². The average Bonchev–Trinajstić information content (AvgIpc) is 2.50. The van der Waals surface area contributed by atoms with Gasteiger partial charge in [0.2, 0.25) is 0 Å². The Bertz CT molecular complexity index is 473. The average molecular weight is 290 g/mol. The first-order valence-corrected chi connectivity index (χ1v) is 7.68. The number of ether oxygens (including phenoxy) is 1. The van der Waals surface area contributed by atoms with Crippen molar-refractivity contribution < 1.29 is 9.53 Å². The maximum absolute atomic E-state index is 12.4. The molecule has 0 saturated carbocycles. The zero-order valence-electron chi connectivity index (χ0n) is 13.3. The number of benzene rings is 1. The van der Waals surface area contributed by atoms with Gasteiger partial charge < -0.3 is 15.4 Å². The van der Waals surface area contributed by atoms with Crippen LogP contribution >= 0.6 is 0 Å². The maximum Gasteiger partial charge on any atom is 0.252 e. The molecule has 1 aliphatic heterocycles. The van der Waals surface area contributed by atoms with E-state index < -0.39 is 5.60 Å². The van der Waals surface area contributed by atoms with E-state index in [1.54, 1.807) is 7.11 Å². The first-order valence-electron chi connectivity index (χ1n) is 7.68. The van der Waals surface area contributed by atoms with Gasteiger partial charge >= 0.3 is 0 Å². The molecular weight excluding hydrogens is 264 g/mol. The van der Waals surface area contributed by atoms with Crippen molar-refractivity contribution in [2.45, 2.75) is 38.7 Å². The van der Waals surface area contributed by atoms with Crippen molar-refractivity contribution in [1.82, 2.24) is 10.6 Å². The van der Waals surface area contributed by atoms with Crippen LogP contribution in [0.4, 0.5) is 0 Å². The van der Waals surface area contributed by atoms with Crippen molar-refractivity contribution in [2.24, 2.45) is 0 Å². The van der Waals surface area contributed by atoms with Gasteiger partial charge in [-0.1, -0.05) is 18.2 Å². The van der Waals surface area contributed by atoms with Crippen LogP contribution < -0.4 is 10.6 Å². The molecule has 0 atom stereocenters. The molecule has 1 aromatic carbocycles. The smallest absolute Gasteiger partial charge is 0.252 e. The Hall–Kier alpha value is -1.39. The van der Waals surface area contributed by atoms with Crippen molar-refractivity contribution >= 4 is 5.91 Å². The van der Waals surface area contributed by atoms with Gasteiger partial charge in [-0.15, -0.1) is 0 Å². The number of hydrogen-bond acceptors (Lipinski definition) is 3. The molecule has 1 heterocycles. The Morgan fingerprint density at radius 3 is 2.48 bits per heavy atom. The summed E-state index contributed by atoms with van der Waals surface area (Å²) in [6, 6.07) is 6.31. The zero-order chi connectivity index (χ0) is 15.3. The van der Waals surface area contributed by atoms with Gasteiger partial charge in [-0.3, -0.25) is 4.79 Å². The molecule has 1 aliphatic rings. The summed E-state index contributed by atoms with van der Waals surface area (Å²) in [6.07, 6.45) is 2.33. The minimum Gasteiger partial charge on any atom is -0.368 e. The van der Waals surface area contributed by atoms with Crippen molar-refractivity contribution in [3.63, 3.8) is 0 Å². The van der Waals surface area contributed by atoms with E-state index in [1.165, 1.54) is 16.7 Å². The molecule has 116 valence electrons. The zero-order valence-corrected chi connectivity index (χ0v) is 13.3. The first kappa shape index (κ1) is 16.0. The number of carbonyl (C=O) groups excluding carboxylic acids is 1. The third kappa shape index (κ3) is 3.63. The predicted molar refractivity (Wildman–Crippen MR) is 84.5 cm³/mol. The van der Waals surface area contributed by atoms with E-state index in [9.17, 15) is 4.79 Å². The van der Waals surface area contributed by atoms with Gasteiger partial charge in [-0.25, -0.2) is 0 Å². The molecule has 1 amide bonds. The van der Waals surface area contributed by atoms with Gasteiger partial charge in [0.25, 0.3) is 5.91 Å². The number of rotatable bonds is 5. The summed E-state index contributed by atoms with van der Waals surface area (Å²) in [6.45, 7) is 6.56. The van der Waals surface area contributed by atoms with Crippen molar-refractivity contribution in [1.29, 1.82) is 0 Å². The standard InChI is InChI=1S/C17H26N2O2/c1-13-5-4-6-14(2)15(13)7-10-19-16(20)17(21-3)8-11-18-12-9-17/h4-6,18H,7-12H2,1-3H3,(H,19,20). The molecule has 0 aromatic heterocycles. The van der Waals surface area contributed by atoms with Crippen LogP contribution in [0, 0.1) is 13.8 Å². The monoisotopic (exact) mass is 290 g/mol. The number of carbonyl (C=O) groups is 1. The Morgan fingerprint density at radius 1 is 1.29 bits per heavy atom. The highest BCUT2D eigenvalue weighted by Crippen LogP contribution is 2.22. The van der Waals surface area contributed by atoms with Gasteiger partial charge in [0, 0.05) is 13.7 Å². The number of methoxy groups -OCH3 is 1. The van der Waals surface area contributed by atoms with Crippen molar-refractivity contribution in [2.75, 3.05) is 26.7 Å². The van der Waals surface area contributed by atoms with E-state index in [-0.39, 0.29) is 5.91 Å². The van der Waals surface area contributed by atoms with Crippen LogP contribution in [0.5, 0.6) is 0 Å². The molecule has 0 aliphatic carbocycles. The summed E-state index contributed by atoms with van der Waals surface area (Å²) in [5.74, 6) is 0.0257. The van der Waals surface area contributed by atoms with Crippen LogP contribution in [-0.2, 0) is 16.0 Å². The van der Waals surface area contributed by atoms with Crippen LogP contribution in [0.25, 0.3) is 0 Å². The maximum atomic E-state index is 12.4.